The van der Waals surface area contributed by atoms with E-state index in [9.17, 15) is 4.79 Å². The molecule has 1 heterocycles. The van der Waals surface area contributed by atoms with Gasteiger partial charge in [0.2, 0.25) is 5.91 Å². The molecule has 0 saturated carbocycles. The van der Waals surface area contributed by atoms with Crippen LogP contribution in [0, 0.1) is 0 Å². The summed E-state index contributed by atoms with van der Waals surface area (Å²) in [5, 5.41) is 10.2. The van der Waals surface area contributed by atoms with Crippen molar-refractivity contribution in [1.82, 2.24) is 10.6 Å². The Kier molecular flexibility index (Phi) is 6.11. The lowest BCUT2D eigenvalue weighted by Crippen LogP contribution is -2.34. The molecule has 90 valence electrons. The number of thiophene rings is 1. The van der Waals surface area contributed by atoms with E-state index < -0.39 is 0 Å². The van der Waals surface area contributed by atoms with Gasteiger partial charge in [-0.3, -0.25) is 4.79 Å². The van der Waals surface area contributed by atoms with Crippen molar-refractivity contribution in [1.29, 1.82) is 0 Å². The summed E-state index contributed by atoms with van der Waals surface area (Å²) in [6.07, 6.45) is 1.12. The van der Waals surface area contributed by atoms with Crippen molar-refractivity contribution >= 4 is 17.2 Å². The smallest absolute Gasteiger partial charge is 0.227 e. The second-order valence-corrected chi connectivity index (χ2v) is 4.60. The zero-order valence-corrected chi connectivity index (χ0v) is 10.8. The maximum atomic E-state index is 11.7. The summed E-state index contributed by atoms with van der Waals surface area (Å²) in [6, 6.07) is 2.00. The van der Waals surface area contributed by atoms with E-state index in [1.165, 1.54) is 0 Å². The van der Waals surface area contributed by atoms with Gasteiger partial charge in [0.15, 0.2) is 0 Å². The van der Waals surface area contributed by atoms with Gasteiger partial charge in [-0.1, -0.05) is 6.92 Å². The minimum atomic E-state index is -0.0441. The van der Waals surface area contributed by atoms with Crippen LogP contribution in [0.1, 0.15) is 31.7 Å². The van der Waals surface area contributed by atoms with E-state index in [4.69, 9.17) is 0 Å². The van der Waals surface area contributed by atoms with Crippen LogP contribution in [0.4, 0.5) is 0 Å². The van der Waals surface area contributed by atoms with Crippen LogP contribution in [0.25, 0.3) is 0 Å². The maximum Gasteiger partial charge on any atom is 0.227 e. The quantitative estimate of drug-likeness (QED) is 0.715. The molecule has 0 aliphatic heterocycles. The molecule has 3 nitrogen and oxygen atoms in total. The molecule has 0 saturated heterocycles. The van der Waals surface area contributed by atoms with E-state index in [2.05, 4.69) is 17.6 Å². The van der Waals surface area contributed by atoms with Gasteiger partial charge in [-0.2, -0.15) is 11.3 Å². The van der Waals surface area contributed by atoms with Crippen LogP contribution in [0.3, 0.4) is 0 Å². The van der Waals surface area contributed by atoms with E-state index in [1.807, 2.05) is 23.8 Å². The lowest BCUT2D eigenvalue weighted by atomic mass is 10.0. The summed E-state index contributed by atoms with van der Waals surface area (Å²) in [5.41, 5.74) is 1.10. The fourth-order valence-electron chi connectivity index (χ4n) is 1.40. The molecule has 1 amide bonds. The first-order chi connectivity index (χ1) is 7.75. The lowest BCUT2D eigenvalue weighted by molar-refractivity contribution is -0.122. The molecule has 1 atom stereocenters. The Morgan fingerprint density at radius 1 is 1.44 bits per heavy atom. The van der Waals surface area contributed by atoms with Gasteiger partial charge in [-0.15, -0.1) is 0 Å². The van der Waals surface area contributed by atoms with Gasteiger partial charge in [0.25, 0.3) is 0 Å². The molecule has 0 aliphatic rings. The Morgan fingerprint density at radius 3 is 2.88 bits per heavy atom. The number of amides is 1. The largest absolute Gasteiger partial charge is 0.354 e. The zero-order chi connectivity index (χ0) is 11.8. The normalized spacial score (nSPS) is 12.4. The van der Waals surface area contributed by atoms with Crippen molar-refractivity contribution in [3.8, 4) is 0 Å². The minimum absolute atomic E-state index is 0.0441. The molecule has 2 N–H and O–H groups in total. The number of nitrogens with one attached hydrogen (secondary N) is 2. The van der Waals surface area contributed by atoms with Crippen LogP contribution in [0.2, 0.25) is 0 Å². The van der Waals surface area contributed by atoms with Crippen molar-refractivity contribution in [2.75, 3.05) is 19.6 Å². The predicted octanol–water partition coefficient (Wildman–Crippen LogP) is 1.97. The van der Waals surface area contributed by atoms with Crippen LogP contribution in [-0.2, 0) is 4.79 Å². The molecule has 0 spiro atoms. The van der Waals surface area contributed by atoms with Crippen molar-refractivity contribution in [3.05, 3.63) is 22.4 Å². The number of carbonyl (C=O) groups excluding carboxylic acids is 1. The minimum Gasteiger partial charge on any atom is -0.354 e. The third-order valence-electron chi connectivity index (χ3n) is 2.46. The van der Waals surface area contributed by atoms with Crippen LogP contribution in [-0.4, -0.2) is 25.5 Å². The van der Waals surface area contributed by atoms with Gasteiger partial charge in [0.1, 0.15) is 0 Å². The Hall–Kier alpha value is -0.870. The molecule has 1 unspecified atom stereocenters. The van der Waals surface area contributed by atoms with E-state index >= 15 is 0 Å². The average molecular weight is 240 g/mol. The van der Waals surface area contributed by atoms with Crippen molar-refractivity contribution in [2.45, 2.75) is 26.2 Å². The number of hydrogen-bond acceptors (Lipinski definition) is 3. The Bertz CT molecular complexity index is 298. The van der Waals surface area contributed by atoms with Crippen LogP contribution >= 0.6 is 11.3 Å². The first kappa shape index (κ1) is 13.2. The van der Waals surface area contributed by atoms with Crippen LogP contribution in [0.15, 0.2) is 16.8 Å². The molecule has 1 aromatic rings. The third kappa shape index (κ3) is 4.33. The Morgan fingerprint density at radius 2 is 2.25 bits per heavy atom. The fraction of sp³-hybridized carbons (Fsp3) is 0.583. The lowest BCUT2D eigenvalue weighted by Gasteiger charge is -2.11. The van der Waals surface area contributed by atoms with Gasteiger partial charge in [0.05, 0.1) is 5.92 Å². The van der Waals surface area contributed by atoms with Crippen molar-refractivity contribution in [3.63, 3.8) is 0 Å². The number of carbonyl (C=O) groups is 1. The van der Waals surface area contributed by atoms with E-state index in [0.29, 0.717) is 6.54 Å². The summed E-state index contributed by atoms with van der Waals surface area (Å²) in [7, 11) is 0. The molecule has 1 rings (SSSR count). The van der Waals surface area contributed by atoms with Crippen molar-refractivity contribution in [2.24, 2.45) is 0 Å². The molecule has 0 radical (unpaired) electrons. The summed E-state index contributed by atoms with van der Waals surface area (Å²) in [4.78, 5) is 11.7. The van der Waals surface area contributed by atoms with E-state index in [1.54, 1.807) is 11.3 Å². The monoisotopic (exact) mass is 240 g/mol. The van der Waals surface area contributed by atoms with Gasteiger partial charge < -0.3 is 10.6 Å². The maximum absolute atomic E-state index is 11.7. The molecular weight excluding hydrogens is 220 g/mol. The molecule has 0 aromatic carbocycles. The van der Waals surface area contributed by atoms with Crippen molar-refractivity contribution < 1.29 is 4.79 Å². The SMILES string of the molecule is CCCNCCNC(=O)C(C)c1ccsc1. The predicted molar refractivity (Wildman–Crippen MR) is 68.9 cm³/mol. The first-order valence-corrected chi connectivity index (χ1v) is 6.70. The molecule has 16 heavy (non-hydrogen) atoms. The highest BCUT2D eigenvalue weighted by molar-refractivity contribution is 7.08. The summed E-state index contributed by atoms with van der Waals surface area (Å²) in [6.45, 7) is 6.63. The summed E-state index contributed by atoms with van der Waals surface area (Å²) < 4.78 is 0. The Labute approximate surface area is 101 Å². The van der Waals surface area contributed by atoms with Crippen LogP contribution in [0.5, 0.6) is 0 Å². The highest BCUT2D eigenvalue weighted by Gasteiger charge is 2.14. The number of rotatable bonds is 7. The Balaban J connectivity index is 2.20. The van der Waals surface area contributed by atoms with Gasteiger partial charge in [-0.05, 0) is 42.3 Å². The third-order valence-corrected chi connectivity index (χ3v) is 3.17. The summed E-state index contributed by atoms with van der Waals surface area (Å²) >= 11 is 1.63. The molecule has 4 heteroatoms. The molecule has 0 fully saturated rings. The second kappa shape index (κ2) is 7.41. The van der Waals surface area contributed by atoms with E-state index in [0.717, 1.165) is 25.1 Å². The average Bonchev–Trinajstić information content (AvgIpc) is 2.81. The summed E-state index contributed by atoms with van der Waals surface area (Å²) in [5.74, 6) is 0.0640. The van der Waals surface area contributed by atoms with Gasteiger partial charge in [0, 0.05) is 13.1 Å². The standard InChI is InChI=1S/C12H20N2OS/c1-3-5-13-6-7-14-12(15)10(2)11-4-8-16-9-11/h4,8-10,13H,3,5-7H2,1-2H3,(H,14,15). The number of hydrogen-bond donors (Lipinski definition) is 2. The first-order valence-electron chi connectivity index (χ1n) is 5.76. The molecule has 0 bridgehead atoms. The topological polar surface area (TPSA) is 41.1 Å². The van der Waals surface area contributed by atoms with Crippen LogP contribution < -0.4 is 10.6 Å². The second-order valence-electron chi connectivity index (χ2n) is 3.82. The van der Waals surface area contributed by atoms with Gasteiger partial charge >= 0.3 is 0 Å². The van der Waals surface area contributed by atoms with E-state index in [-0.39, 0.29) is 11.8 Å². The highest BCUT2D eigenvalue weighted by Crippen LogP contribution is 2.17. The molecule has 1 aromatic heterocycles. The molecule has 0 aliphatic carbocycles. The fourth-order valence-corrected chi connectivity index (χ4v) is 2.16. The van der Waals surface area contributed by atoms with Gasteiger partial charge in [-0.25, -0.2) is 0 Å². The molecular formula is C12H20N2OS. The highest BCUT2D eigenvalue weighted by atomic mass is 32.1. The zero-order valence-electron chi connectivity index (χ0n) is 9.95.